The SMILES string of the molecule is CNC(=O)[C@H](Cc1ccc(N(O)O)cc1)NC(=O)[C@](O)(CC(C)C)[C@H](C)C(=O)NO. The Hall–Kier alpha value is -2.73. The van der Waals surface area contributed by atoms with E-state index in [4.69, 9.17) is 15.6 Å². The molecule has 1 rings (SSSR count). The summed E-state index contributed by atoms with van der Waals surface area (Å²) in [5.74, 6) is -3.83. The van der Waals surface area contributed by atoms with Gasteiger partial charge in [0.25, 0.3) is 5.91 Å². The van der Waals surface area contributed by atoms with Crippen LogP contribution in [0.25, 0.3) is 0 Å². The van der Waals surface area contributed by atoms with Gasteiger partial charge in [-0.25, -0.2) is 5.48 Å². The maximum absolute atomic E-state index is 13.0. The van der Waals surface area contributed by atoms with Crippen molar-refractivity contribution in [3.05, 3.63) is 29.8 Å². The molecular formula is C19H30N4O7. The Morgan fingerprint density at radius 3 is 2.07 bits per heavy atom. The molecule has 11 nitrogen and oxygen atoms in total. The van der Waals surface area contributed by atoms with E-state index in [9.17, 15) is 19.5 Å². The standard InChI is InChI=1S/C19H30N4O7/c1-11(2)10-19(27,12(3)16(24)22-28)18(26)21-15(17(25)20-4)9-13-5-7-14(8-6-13)23(29)30/h5-8,11-12,15,27-30H,9-10H2,1-4H3,(H,20,25)(H,21,26)(H,22,24)/t12-,15+,19+/m1/s1. The quantitative estimate of drug-likeness (QED) is 0.202. The fraction of sp³-hybridized carbons (Fsp3) is 0.526. The molecule has 0 fully saturated rings. The topological polar surface area (TPSA) is 171 Å². The summed E-state index contributed by atoms with van der Waals surface area (Å²) in [6.45, 7) is 4.81. The van der Waals surface area contributed by atoms with Crippen LogP contribution in [-0.4, -0.2) is 57.1 Å². The zero-order valence-electron chi connectivity index (χ0n) is 17.4. The fourth-order valence-electron chi connectivity index (χ4n) is 3.07. The Balaban J connectivity index is 3.12. The summed E-state index contributed by atoms with van der Waals surface area (Å²) in [5, 5.41) is 42.8. The number of rotatable bonds is 10. The van der Waals surface area contributed by atoms with E-state index in [2.05, 4.69) is 10.6 Å². The van der Waals surface area contributed by atoms with Gasteiger partial charge in [-0.3, -0.25) is 30.0 Å². The minimum Gasteiger partial charge on any atom is -0.379 e. The molecule has 0 aliphatic carbocycles. The first kappa shape index (κ1) is 25.3. The molecule has 0 aliphatic heterocycles. The number of benzene rings is 1. The van der Waals surface area contributed by atoms with Crippen LogP contribution in [0.1, 0.15) is 32.8 Å². The van der Waals surface area contributed by atoms with Gasteiger partial charge in [0.2, 0.25) is 11.8 Å². The molecule has 0 saturated heterocycles. The second kappa shape index (κ2) is 10.9. The highest BCUT2D eigenvalue weighted by Crippen LogP contribution is 2.27. The van der Waals surface area contributed by atoms with Gasteiger partial charge < -0.3 is 15.7 Å². The second-order valence-electron chi connectivity index (χ2n) is 7.52. The molecule has 3 atom stereocenters. The third kappa shape index (κ3) is 6.39. The molecule has 3 amide bonds. The molecule has 0 spiro atoms. The summed E-state index contributed by atoms with van der Waals surface area (Å²) in [6.07, 6.45) is -0.0354. The van der Waals surface area contributed by atoms with Gasteiger partial charge >= 0.3 is 0 Å². The Labute approximate surface area is 174 Å². The largest absolute Gasteiger partial charge is 0.379 e. The summed E-state index contributed by atoms with van der Waals surface area (Å²) in [6, 6.07) is 4.82. The lowest BCUT2D eigenvalue weighted by molar-refractivity contribution is -0.159. The van der Waals surface area contributed by atoms with Crippen LogP contribution in [0.4, 0.5) is 5.69 Å². The first-order chi connectivity index (χ1) is 14.0. The fourth-order valence-corrected chi connectivity index (χ4v) is 3.07. The van der Waals surface area contributed by atoms with Crippen LogP contribution < -0.4 is 21.3 Å². The number of aliphatic hydroxyl groups is 1. The molecule has 168 valence electrons. The average molecular weight is 426 g/mol. The van der Waals surface area contributed by atoms with Crippen molar-refractivity contribution in [3.8, 4) is 0 Å². The third-order valence-electron chi connectivity index (χ3n) is 4.81. The normalized spacial score (nSPS) is 15.0. The van der Waals surface area contributed by atoms with Crippen LogP contribution >= 0.6 is 0 Å². The lowest BCUT2D eigenvalue weighted by atomic mass is 9.80. The summed E-state index contributed by atoms with van der Waals surface area (Å²) < 4.78 is 0. The molecule has 0 aromatic heterocycles. The van der Waals surface area contributed by atoms with Gasteiger partial charge in [0.1, 0.15) is 6.04 Å². The van der Waals surface area contributed by atoms with E-state index < -0.39 is 35.3 Å². The van der Waals surface area contributed by atoms with E-state index in [0.29, 0.717) is 5.56 Å². The van der Waals surface area contributed by atoms with E-state index in [1.807, 2.05) is 0 Å². The first-order valence-corrected chi connectivity index (χ1v) is 9.41. The lowest BCUT2D eigenvalue weighted by Crippen LogP contribution is -2.60. The number of nitrogens with one attached hydrogen (secondary N) is 3. The molecule has 1 aromatic carbocycles. The van der Waals surface area contributed by atoms with Crippen molar-refractivity contribution in [1.82, 2.24) is 16.1 Å². The Bertz CT molecular complexity index is 739. The van der Waals surface area contributed by atoms with Gasteiger partial charge in [-0.05, 0) is 30.0 Å². The van der Waals surface area contributed by atoms with Crippen LogP contribution in [-0.2, 0) is 20.8 Å². The number of amides is 3. The predicted molar refractivity (Wildman–Crippen MR) is 106 cm³/mol. The monoisotopic (exact) mass is 426 g/mol. The van der Waals surface area contributed by atoms with E-state index in [1.165, 1.54) is 31.6 Å². The van der Waals surface area contributed by atoms with Crippen molar-refractivity contribution in [2.24, 2.45) is 11.8 Å². The summed E-state index contributed by atoms with van der Waals surface area (Å²) in [5.41, 5.74) is -0.0184. The van der Waals surface area contributed by atoms with Crippen molar-refractivity contribution < 1.29 is 35.1 Å². The maximum atomic E-state index is 13.0. The highest BCUT2D eigenvalue weighted by molar-refractivity contribution is 5.95. The minimum atomic E-state index is -2.16. The van der Waals surface area contributed by atoms with Crippen LogP contribution in [0.15, 0.2) is 24.3 Å². The van der Waals surface area contributed by atoms with Crippen molar-refractivity contribution >= 4 is 23.4 Å². The first-order valence-electron chi connectivity index (χ1n) is 9.41. The molecule has 0 radical (unpaired) electrons. The zero-order valence-corrected chi connectivity index (χ0v) is 17.4. The summed E-state index contributed by atoms with van der Waals surface area (Å²) in [7, 11) is 1.39. The molecule has 0 saturated carbocycles. The van der Waals surface area contributed by atoms with Crippen molar-refractivity contribution in [2.75, 3.05) is 12.3 Å². The second-order valence-corrected chi connectivity index (χ2v) is 7.52. The Kier molecular flexibility index (Phi) is 9.18. The number of carbonyl (C=O) groups excluding carboxylic acids is 3. The van der Waals surface area contributed by atoms with Gasteiger partial charge in [-0.1, -0.05) is 32.9 Å². The van der Waals surface area contributed by atoms with Crippen molar-refractivity contribution in [2.45, 2.75) is 45.3 Å². The molecule has 11 heteroatoms. The zero-order chi connectivity index (χ0) is 23.1. The number of hydrogen-bond acceptors (Lipinski definition) is 8. The number of anilines is 1. The number of hydrogen-bond donors (Lipinski definition) is 7. The minimum absolute atomic E-state index is 0.0425. The molecule has 30 heavy (non-hydrogen) atoms. The van der Waals surface area contributed by atoms with Gasteiger partial charge in [0.05, 0.1) is 11.6 Å². The number of carbonyl (C=O) groups is 3. The lowest BCUT2D eigenvalue weighted by Gasteiger charge is -2.34. The van der Waals surface area contributed by atoms with E-state index in [0.717, 1.165) is 0 Å². The molecule has 1 aromatic rings. The predicted octanol–water partition coefficient (Wildman–Crippen LogP) is -0.0366. The third-order valence-corrected chi connectivity index (χ3v) is 4.81. The van der Waals surface area contributed by atoms with Gasteiger partial charge in [0.15, 0.2) is 5.60 Å². The van der Waals surface area contributed by atoms with Crippen molar-refractivity contribution in [3.63, 3.8) is 0 Å². The molecule has 0 heterocycles. The van der Waals surface area contributed by atoms with Crippen LogP contribution in [0.2, 0.25) is 0 Å². The average Bonchev–Trinajstić information content (AvgIpc) is 2.70. The van der Waals surface area contributed by atoms with Crippen LogP contribution in [0, 0.1) is 11.8 Å². The van der Waals surface area contributed by atoms with Crippen LogP contribution in [0.3, 0.4) is 0 Å². The van der Waals surface area contributed by atoms with Gasteiger partial charge in [-0.15, -0.1) is 5.23 Å². The smallest absolute Gasteiger partial charge is 0.253 e. The van der Waals surface area contributed by atoms with E-state index in [1.54, 1.807) is 26.0 Å². The summed E-state index contributed by atoms with van der Waals surface area (Å²) in [4.78, 5) is 37.1. The highest BCUT2D eigenvalue weighted by atomic mass is 16.8. The molecule has 0 bridgehead atoms. The Morgan fingerprint density at radius 2 is 1.63 bits per heavy atom. The highest BCUT2D eigenvalue weighted by Gasteiger charge is 2.46. The number of likely N-dealkylation sites (N-methyl/N-ethyl adjacent to an activating group) is 1. The number of nitrogens with zero attached hydrogens (tertiary/aromatic N) is 1. The molecule has 7 N–H and O–H groups in total. The molecule has 0 aliphatic rings. The van der Waals surface area contributed by atoms with Crippen molar-refractivity contribution in [1.29, 1.82) is 0 Å². The molecular weight excluding hydrogens is 396 g/mol. The Morgan fingerprint density at radius 1 is 1.07 bits per heavy atom. The molecule has 0 unspecified atom stereocenters. The van der Waals surface area contributed by atoms with Crippen LogP contribution in [0.5, 0.6) is 0 Å². The maximum Gasteiger partial charge on any atom is 0.253 e. The van der Waals surface area contributed by atoms with Gasteiger partial charge in [-0.2, -0.15) is 0 Å². The van der Waals surface area contributed by atoms with E-state index >= 15 is 0 Å². The summed E-state index contributed by atoms with van der Waals surface area (Å²) >= 11 is 0. The number of hydroxylamine groups is 1. The van der Waals surface area contributed by atoms with E-state index in [-0.39, 0.29) is 29.7 Å². The van der Waals surface area contributed by atoms with Gasteiger partial charge in [0, 0.05) is 13.5 Å².